The van der Waals surface area contributed by atoms with Crippen molar-refractivity contribution in [2.24, 2.45) is 0 Å². The van der Waals surface area contributed by atoms with E-state index in [0.717, 1.165) is 23.5 Å². The van der Waals surface area contributed by atoms with Crippen molar-refractivity contribution in [2.75, 3.05) is 14.2 Å². The van der Waals surface area contributed by atoms with Crippen LogP contribution in [0.25, 0.3) is 0 Å². The minimum absolute atomic E-state index is 0.313. The van der Waals surface area contributed by atoms with Crippen molar-refractivity contribution < 1.29 is 14.6 Å². The molecule has 0 spiro atoms. The van der Waals surface area contributed by atoms with Crippen molar-refractivity contribution in [3.63, 3.8) is 0 Å². The quantitative estimate of drug-likeness (QED) is 0.808. The first-order valence-corrected chi connectivity index (χ1v) is 5.10. The Kier molecular flexibility index (Phi) is 4.43. The Labute approximate surface area is 90.6 Å². The molecule has 0 amide bonds. The number of ether oxygens (including phenoxy) is 2. The predicted molar refractivity (Wildman–Crippen MR) is 59.5 cm³/mol. The Morgan fingerprint density at radius 1 is 1.27 bits per heavy atom. The van der Waals surface area contributed by atoms with Gasteiger partial charge in [-0.25, -0.2) is 0 Å². The van der Waals surface area contributed by atoms with Crippen molar-refractivity contribution in [3.8, 4) is 11.5 Å². The average molecular weight is 210 g/mol. The molecule has 0 aromatic heterocycles. The first kappa shape index (κ1) is 11.9. The van der Waals surface area contributed by atoms with Gasteiger partial charge in [0, 0.05) is 12.5 Å². The summed E-state index contributed by atoms with van der Waals surface area (Å²) in [6, 6.07) is 5.63. The Bertz CT molecular complexity index is 310. The summed E-state index contributed by atoms with van der Waals surface area (Å²) >= 11 is 0. The first-order valence-electron chi connectivity index (χ1n) is 5.10. The lowest BCUT2D eigenvalue weighted by atomic mass is 10.1. The van der Waals surface area contributed by atoms with Crippen LogP contribution < -0.4 is 9.47 Å². The zero-order valence-electron chi connectivity index (χ0n) is 9.49. The zero-order chi connectivity index (χ0) is 11.3. The molecule has 3 heteroatoms. The van der Waals surface area contributed by atoms with Crippen LogP contribution in [0.4, 0.5) is 0 Å². The molecule has 1 N–H and O–H groups in total. The van der Waals surface area contributed by atoms with Gasteiger partial charge in [0.25, 0.3) is 0 Å². The Morgan fingerprint density at radius 2 is 2.00 bits per heavy atom. The van der Waals surface area contributed by atoms with Crippen LogP contribution in [0.1, 0.15) is 18.9 Å². The number of aliphatic hydroxyl groups excluding tert-OH is 1. The maximum atomic E-state index is 9.57. The summed E-state index contributed by atoms with van der Waals surface area (Å²) in [6.45, 7) is 1.96. The summed E-state index contributed by atoms with van der Waals surface area (Å²) in [7, 11) is 3.24. The molecule has 1 atom stereocenters. The van der Waals surface area contributed by atoms with E-state index in [1.807, 2.05) is 25.1 Å². The average Bonchev–Trinajstić information content (AvgIpc) is 2.29. The molecule has 1 aromatic carbocycles. The fourth-order valence-electron chi connectivity index (χ4n) is 1.42. The number of hydrogen-bond donors (Lipinski definition) is 1. The highest BCUT2D eigenvalue weighted by Crippen LogP contribution is 2.25. The van der Waals surface area contributed by atoms with Gasteiger partial charge in [-0.2, -0.15) is 0 Å². The molecule has 0 radical (unpaired) electrons. The molecule has 0 bridgehead atoms. The van der Waals surface area contributed by atoms with Crippen molar-refractivity contribution in [1.82, 2.24) is 0 Å². The van der Waals surface area contributed by atoms with Crippen LogP contribution in [0.5, 0.6) is 11.5 Å². The third kappa shape index (κ3) is 3.13. The second-order valence-corrected chi connectivity index (χ2v) is 3.44. The molecule has 0 aliphatic heterocycles. The molecule has 1 rings (SSSR count). The summed E-state index contributed by atoms with van der Waals surface area (Å²) < 4.78 is 10.3. The third-order valence-electron chi connectivity index (χ3n) is 2.42. The van der Waals surface area contributed by atoms with Crippen LogP contribution in [-0.2, 0) is 6.42 Å². The van der Waals surface area contributed by atoms with Gasteiger partial charge < -0.3 is 14.6 Å². The van der Waals surface area contributed by atoms with Crippen LogP contribution in [0.2, 0.25) is 0 Å². The van der Waals surface area contributed by atoms with Gasteiger partial charge in [-0.05, 0) is 18.1 Å². The fraction of sp³-hybridized carbons (Fsp3) is 0.500. The monoisotopic (exact) mass is 210 g/mol. The zero-order valence-corrected chi connectivity index (χ0v) is 9.49. The van der Waals surface area contributed by atoms with E-state index in [-0.39, 0.29) is 6.10 Å². The first-order chi connectivity index (χ1) is 7.21. The number of methoxy groups -OCH3 is 2. The molecule has 0 saturated carbocycles. The van der Waals surface area contributed by atoms with Gasteiger partial charge in [0.15, 0.2) is 0 Å². The van der Waals surface area contributed by atoms with E-state index in [2.05, 4.69) is 0 Å². The molecule has 15 heavy (non-hydrogen) atoms. The van der Waals surface area contributed by atoms with E-state index in [1.54, 1.807) is 14.2 Å². The predicted octanol–water partition coefficient (Wildman–Crippen LogP) is 2.02. The molecule has 0 fully saturated rings. The normalized spacial score (nSPS) is 12.3. The van der Waals surface area contributed by atoms with Crippen molar-refractivity contribution in [1.29, 1.82) is 0 Å². The SMILES string of the molecule is CC[C@H](O)Cc1ccc(OC)cc1OC. The highest BCUT2D eigenvalue weighted by atomic mass is 16.5. The van der Waals surface area contributed by atoms with E-state index < -0.39 is 0 Å². The maximum absolute atomic E-state index is 9.57. The minimum Gasteiger partial charge on any atom is -0.497 e. The second-order valence-electron chi connectivity index (χ2n) is 3.44. The number of aliphatic hydroxyl groups is 1. The van der Waals surface area contributed by atoms with Gasteiger partial charge in [-0.15, -0.1) is 0 Å². The van der Waals surface area contributed by atoms with Gasteiger partial charge in [0.2, 0.25) is 0 Å². The van der Waals surface area contributed by atoms with Crippen LogP contribution >= 0.6 is 0 Å². The number of rotatable bonds is 5. The summed E-state index contributed by atoms with van der Waals surface area (Å²) in [5.74, 6) is 1.53. The summed E-state index contributed by atoms with van der Waals surface area (Å²) in [6.07, 6.45) is 1.05. The minimum atomic E-state index is -0.313. The van der Waals surface area contributed by atoms with Gasteiger partial charge >= 0.3 is 0 Å². The number of benzene rings is 1. The van der Waals surface area contributed by atoms with Crippen LogP contribution in [0.15, 0.2) is 18.2 Å². The smallest absolute Gasteiger partial charge is 0.125 e. The van der Waals surface area contributed by atoms with Crippen LogP contribution in [0.3, 0.4) is 0 Å². The van der Waals surface area contributed by atoms with E-state index in [4.69, 9.17) is 9.47 Å². The van der Waals surface area contributed by atoms with E-state index in [1.165, 1.54) is 0 Å². The molecule has 3 nitrogen and oxygen atoms in total. The standard InChI is InChI=1S/C12H18O3/c1-4-10(13)7-9-5-6-11(14-2)8-12(9)15-3/h5-6,8,10,13H,4,7H2,1-3H3/t10-/m0/s1. The molecule has 0 saturated heterocycles. The van der Waals surface area contributed by atoms with Gasteiger partial charge in [0.05, 0.1) is 20.3 Å². The van der Waals surface area contributed by atoms with Crippen molar-refractivity contribution >= 4 is 0 Å². The highest BCUT2D eigenvalue weighted by molar-refractivity contribution is 5.41. The molecular formula is C12H18O3. The lowest BCUT2D eigenvalue weighted by molar-refractivity contribution is 0.169. The van der Waals surface area contributed by atoms with Crippen molar-refractivity contribution in [2.45, 2.75) is 25.9 Å². The topological polar surface area (TPSA) is 38.7 Å². The molecule has 84 valence electrons. The van der Waals surface area contributed by atoms with E-state index in [0.29, 0.717) is 6.42 Å². The van der Waals surface area contributed by atoms with Gasteiger partial charge in [0.1, 0.15) is 11.5 Å². The van der Waals surface area contributed by atoms with Crippen LogP contribution in [-0.4, -0.2) is 25.4 Å². The summed E-state index contributed by atoms with van der Waals surface area (Å²) in [5, 5.41) is 9.57. The highest BCUT2D eigenvalue weighted by Gasteiger charge is 2.09. The van der Waals surface area contributed by atoms with E-state index >= 15 is 0 Å². The molecule has 0 aliphatic carbocycles. The Balaban J connectivity index is 2.87. The van der Waals surface area contributed by atoms with Crippen LogP contribution in [0, 0.1) is 0 Å². The lowest BCUT2D eigenvalue weighted by Gasteiger charge is -2.12. The van der Waals surface area contributed by atoms with Gasteiger partial charge in [-0.1, -0.05) is 13.0 Å². The van der Waals surface area contributed by atoms with Gasteiger partial charge in [-0.3, -0.25) is 0 Å². The fourth-order valence-corrected chi connectivity index (χ4v) is 1.42. The largest absolute Gasteiger partial charge is 0.497 e. The molecule has 0 aliphatic rings. The molecule has 0 unspecified atom stereocenters. The summed E-state index contributed by atoms with van der Waals surface area (Å²) in [5.41, 5.74) is 1.01. The lowest BCUT2D eigenvalue weighted by Crippen LogP contribution is -2.09. The van der Waals surface area contributed by atoms with Crippen molar-refractivity contribution in [3.05, 3.63) is 23.8 Å². The molecular weight excluding hydrogens is 192 g/mol. The Hall–Kier alpha value is -1.22. The third-order valence-corrected chi connectivity index (χ3v) is 2.42. The second kappa shape index (κ2) is 5.61. The number of hydrogen-bond acceptors (Lipinski definition) is 3. The van der Waals surface area contributed by atoms with E-state index in [9.17, 15) is 5.11 Å². The molecule has 1 aromatic rings. The summed E-state index contributed by atoms with van der Waals surface area (Å²) in [4.78, 5) is 0. The maximum Gasteiger partial charge on any atom is 0.125 e. The molecule has 0 heterocycles. The Morgan fingerprint density at radius 3 is 2.53 bits per heavy atom.